The van der Waals surface area contributed by atoms with Gasteiger partial charge in [-0.3, -0.25) is 14.9 Å². The molecule has 0 bridgehead atoms. The molecule has 0 spiro atoms. The zero-order valence-electron chi connectivity index (χ0n) is 12.6. The number of nitrogens with zero attached hydrogens (tertiary/aromatic N) is 2. The number of halogens is 1. The highest BCUT2D eigenvalue weighted by Crippen LogP contribution is 2.27. The quantitative estimate of drug-likeness (QED) is 0.526. The fourth-order valence-electron chi connectivity index (χ4n) is 2.06. The molecule has 0 saturated carbocycles. The fraction of sp³-hybridized carbons (Fsp3) is 0. The van der Waals surface area contributed by atoms with Crippen molar-refractivity contribution in [3.05, 3.63) is 74.9 Å². The number of carbonyl (C=O) groups is 1. The number of amides is 1. The average molecular weight is 358 g/mol. The van der Waals surface area contributed by atoms with Gasteiger partial charge in [-0.2, -0.15) is 11.3 Å². The number of rotatable bonds is 5. The van der Waals surface area contributed by atoms with Crippen molar-refractivity contribution in [2.24, 2.45) is 0 Å². The summed E-state index contributed by atoms with van der Waals surface area (Å²) in [5.41, 5.74) is 0.516. The van der Waals surface area contributed by atoms with Gasteiger partial charge in [0.15, 0.2) is 0 Å². The number of hydrogen-bond donors (Lipinski definition) is 2. The second-order valence-corrected chi connectivity index (χ2v) is 5.69. The largest absolute Gasteiger partial charge is 0.334 e. The second kappa shape index (κ2) is 7.05. The Morgan fingerprint density at radius 1 is 1.28 bits per heavy atom. The first-order valence-electron chi connectivity index (χ1n) is 7.04. The first-order valence-corrected chi connectivity index (χ1v) is 7.98. The molecule has 0 radical (unpaired) electrons. The fourth-order valence-corrected chi connectivity index (χ4v) is 2.70. The molecule has 9 heteroatoms. The van der Waals surface area contributed by atoms with Crippen molar-refractivity contribution in [2.45, 2.75) is 0 Å². The van der Waals surface area contributed by atoms with Crippen molar-refractivity contribution in [1.82, 2.24) is 4.98 Å². The third-order valence-corrected chi connectivity index (χ3v) is 3.93. The Hall–Kier alpha value is -3.33. The van der Waals surface area contributed by atoms with E-state index in [2.05, 4.69) is 15.6 Å². The van der Waals surface area contributed by atoms with E-state index in [0.29, 0.717) is 11.3 Å². The Morgan fingerprint density at radius 2 is 2.12 bits per heavy atom. The van der Waals surface area contributed by atoms with Gasteiger partial charge in [0.1, 0.15) is 5.82 Å². The lowest BCUT2D eigenvalue weighted by molar-refractivity contribution is -0.384. The van der Waals surface area contributed by atoms with Crippen LogP contribution in [-0.4, -0.2) is 15.8 Å². The Labute approximate surface area is 145 Å². The Morgan fingerprint density at radius 3 is 2.84 bits per heavy atom. The molecule has 3 aromatic rings. The lowest BCUT2D eigenvalue weighted by atomic mass is 10.2. The van der Waals surface area contributed by atoms with Gasteiger partial charge in [0.25, 0.3) is 5.91 Å². The van der Waals surface area contributed by atoms with Crippen LogP contribution in [0.15, 0.2) is 53.4 Å². The third-order valence-electron chi connectivity index (χ3n) is 3.24. The molecular weight excluding hydrogens is 347 g/mol. The van der Waals surface area contributed by atoms with Crippen LogP contribution in [0.4, 0.5) is 27.3 Å². The van der Waals surface area contributed by atoms with Crippen molar-refractivity contribution < 1.29 is 14.1 Å². The Bertz CT molecular complexity index is 931. The summed E-state index contributed by atoms with van der Waals surface area (Å²) in [6, 6.07) is 8.27. The summed E-state index contributed by atoms with van der Waals surface area (Å²) in [7, 11) is 0. The Balaban J connectivity index is 1.85. The van der Waals surface area contributed by atoms with E-state index in [1.165, 1.54) is 41.8 Å². The van der Waals surface area contributed by atoms with E-state index in [0.717, 1.165) is 6.07 Å². The number of carbonyl (C=O) groups excluding carboxylic acids is 1. The number of hydrogen-bond acceptors (Lipinski definition) is 6. The van der Waals surface area contributed by atoms with Crippen LogP contribution < -0.4 is 10.6 Å². The van der Waals surface area contributed by atoms with Gasteiger partial charge in [0.2, 0.25) is 5.82 Å². The van der Waals surface area contributed by atoms with Crippen LogP contribution in [0.3, 0.4) is 0 Å². The zero-order chi connectivity index (χ0) is 17.8. The summed E-state index contributed by atoms with van der Waals surface area (Å²) in [6.07, 6.45) is 1.40. The van der Waals surface area contributed by atoms with Crippen LogP contribution in [0.5, 0.6) is 0 Å². The molecule has 1 amide bonds. The van der Waals surface area contributed by atoms with E-state index in [-0.39, 0.29) is 17.2 Å². The van der Waals surface area contributed by atoms with Crippen molar-refractivity contribution in [2.75, 3.05) is 10.6 Å². The first-order chi connectivity index (χ1) is 12.0. The van der Waals surface area contributed by atoms with E-state index in [4.69, 9.17) is 0 Å². The summed E-state index contributed by atoms with van der Waals surface area (Å²) >= 11 is 1.35. The molecule has 0 aliphatic heterocycles. The van der Waals surface area contributed by atoms with Crippen LogP contribution in [0.2, 0.25) is 0 Å². The van der Waals surface area contributed by atoms with Crippen LogP contribution in [0, 0.1) is 15.9 Å². The van der Waals surface area contributed by atoms with E-state index >= 15 is 0 Å². The maximum absolute atomic E-state index is 14.0. The summed E-state index contributed by atoms with van der Waals surface area (Å²) in [6.45, 7) is 0. The molecule has 2 aromatic heterocycles. The van der Waals surface area contributed by atoms with Gasteiger partial charge in [-0.1, -0.05) is 0 Å². The maximum atomic E-state index is 14.0. The van der Waals surface area contributed by atoms with E-state index in [1.807, 2.05) is 0 Å². The van der Waals surface area contributed by atoms with E-state index < -0.39 is 16.6 Å². The smallest absolute Gasteiger partial charge is 0.311 e. The SMILES string of the molecule is O=C(Nc1cc(Nc2ncccc2[N+](=O)[O-])ccc1F)c1ccsc1. The van der Waals surface area contributed by atoms with Gasteiger partial charge >= 0.3 is 5.69 Å². The van der Waals surface area contributed by atoms with Gasteiger partial charge in [0.05, 0.1) is 16.2 Å². The lowest BCUT2D eigenvalue weighted by Crippen LogP contribution is -2.12. The summed E-state index contributed by atoms with van der Waals surface area (Å²) < 4.78 is 14.0. The van der Waals surface area contributed by atoms with Gasteiger partial charge < -0.3 is 10.6 Å². The van der Waals surface area contributed by atoms with Crippen molar-refractivity contribution in [3.8, 4) is 0 Å². The highest BCUT2D eigenvalue weighted by Gasteiger charge is 2.15. The van der Waals surface area contributed by atoms with Crippen molar-refractivity contribution >= 4 is 40.1 Å². The lowest BCUT2D eigenvalue weighted by Gasteiger charge is -2.10. The molecular formula is C16H11FN4O3S. The molecule has 2 heterocycles. The molecule has 25 heavy (non-hydrogen) atoms. The minimum absolute atomic E-state index is 0.0224. The number of nitrogens with one attached hydrogen (secondary N) is 2. The summed E-state index contributed by atoms with van der Waals surface area (Å²) in [5.74, 6) is -1.04. The molecule has 0 atom stereocenters. The molecule has 1 aromatic carbocycles. The zero-order valence-corrected chi connectivity index (χ0v) is 13.4. The van der Waals surface area contributed by atoms with Crippen molar-refractivity contribution in [1.29, 1.82) is 0 Å². The molecule has 0 unspecified atom stereocenters. The average Bonchev–Trinajstić information content (AvgIpc) is 3.13. The number of benzene rings is 1. The minimum atomic E-state index is -0.621. The minimum Gasteiger partial charge on any atom is -0.334 e. The molecule has 0 fully saturated rings. The predicted octanol–water partition coefficient (Wildman–Crippen LogP) is 4.19. The highest BCUT2D eigenvalue weighted by atomic mass is 32.1. The summed E-state index contributed by atoms with van der Waals surface area (Å²) in [4.78, 5) is 26.4. The molecule has 3 rings (SSSR count). The van der Waals surface area contributed by atoms with Crippen molar-refractivity contribution in [3.63, 3.8) is 0 Å². The van der Waals surface area contributed by atoms with Gasteiger partial charge in [0, 0.05) is 23.3 Å². The topological polar surface area (TPSA) is 97.2 Å². The second-order valence-electron chi connectivity index (χ2n) is 4.91. The number of thiophene rings is 1. The maximum Gasteiger partial charge on any atom is 0.311 e. The normalized spacial score (nSPS) is 10.3. The van der Waals surface area contributed by atoms with Crippen LogP contribution in [0.25, 0.3) is 0 Å². The first kappa shape index (κ1) is 16.5. The molecule has 0 aliphatic rings. The number of anilines is 3. The third kappa shape index (κ3) is 3.78. The van der Waals surface area contributed by atoms with Crippen LogP contribution >= 0.6 is 11.3 Å². The van der Waals surface area contributed by atoms with Crippen LogP contribution in [-0.2, 0) is 0 Å². The number of aromatic nitrogens is 1. The van der Waals surface area contributed by atoms with Gasteiger partial charge in [-0.05, 0) is 35.7 Å². The van der Waals surface area contributed by atoms with Crippen LogP contribution in [0.1, 0.15) is 10.4 Å². The number of pyridine rings is 1. The molecule has 0 saturated heterocycles. The van der Waals surface area contributed by atoms with E-state index in [9.17, 15) is 19.3 Å². The monoisotopic (exact) mass is 358 g/mol. The molecule has 2 N–H and O–H groups in total. The highest BCUT2D eigenvalue weighted by molar-refractivity contribution is 7.08. The van der Waals surface area contributed by atoms with Gasteiger partial charge in [-0.25, -0.2) is 9.37 Å². The predicted molar refractivity (Wildman–Crippen MR) is 92.8 cm³/mol. The molecule has 7 nitrogen and oxygen atoms in total. The van der Waals surface area contributed by atoms with E-state index in [1.54, 1.807) is 16.8 Å². The standard InChI is InChI=1S/C16H11FN4O3S/c17-12-4-3-11(19-15-14(21(23)24)2-1-6-18-15)8-13(12)20-16(22)10-5-7-25-9-10/h1-9H,(H,18,19)(H,20,22). The summed E-state index contributed by atoms with van der Waals surface area (Å²) in [5, 5.41) is 19.6. The Kier molecular flexibility index (Phi) is 4.66. The molecule has 0 aliphatic carbocycles. The van der Waals surface area contributed by atoms with Gasteiger partial charge in [-0.15, -0.1) is 0 Å². The number of nitro groups is 1. The molecule has 126 valence electrons.